The Labute approximate surface area is 384 Å². The fourth-order valence-corrected chi connectivity index (χ4v) is 8.56. The van der Waals surface area contributed by atoms with Crippen molar-refractivity contribution in [3.8, 4) is 0 Å². The quantitative estimate of drug-likeness (QED) is 0.0842. The first-order valence-electron chi connectivity index (χ1n) is 23.1. The van der Waals surface area contributed by atoms with E-state index < -0.39 is 60.2 Å². The number of carbonyl (C=O) groups excluding carboxylic acids is 5. The Morgan fingerprint density at radius 1 is 0.750 bits per heavy atom. The lowest BCUT2D eigenvalue weighted by Crippen LogP contribution is -2.60. The number of nitrogens with one attached hydrogen (secondary N) is 2. The molecule has 0 unspecified atom stereocenters. The van der Waals surface area contributed by atoms with Gasteiger partial charge in [-0.1, -0.05) is 78.8 Å². The summed E-state index contributed by atoms with van der Waals surface area (Å²) < 4.78 is 33.4. The fraction of sp³-hybridized carbons (Fsp3) is 0.771. The molecule has 2 rings (SSSR count). The van der Waals surface area contributed by atoms with Gasteiger partial charge in [0.25, 0.3) is 0 Å². The fourth-order valence-electron chi connectivity index (χ4n) is 8.56. The van der Waals surface area contributed by atoms with E-state index in [1.165, 1.54) is 7.11 Å². The van der Waals surface area contributed by atoms with Crippen LogP contribution in [0.1, 0.15) is 87.1 Å². The lowest BCUT2D eigenvalue weighted by atomic mass is 9.91. The van der Waals surface area contributed by atoms with Crippen molar-refractivity contribution in [2.75, 3.05) is 81.6 Å². The van der Waals surface area contributed by atoms with Crippen LogP contribution in [0.3, 0.4) is 0 Å². The first kappa shape index (κ1) is 56.5. The van der Waals surface area contributed by atoms with E-state index in [1.807, 2.05) is 97.7 Å². The molecule has 1 aromatic carbocycles. The molecule has 0 aromatic heterocycles. The van der Waals surface area contributed by atoms with E-state index in [4.69, 9.17) is 28.4 Å². The Morgan fingerprint density at radius 2 is 1.36 bits per heavy atom. The van der Waals surface area contributed by atoms with Crippen LogP contribution in [0, 0.1) is 23.7 Å². The highest BCUT2D eigenvalue weighted by Gasteiger charge is 2.43. The molecular weight excluding hydrogens is 823 g/mol. The molecule has 8 atom stereocenters. The van der Waals surface area contributed by atoms with Crippen molar-refractivity contribution >= 4 is 29.6 Å². The molecule has 64 heavy (non-hydrogen) atoms. The molecule has 0 radical (unpaired) electrons. The number of likely N-dealkylation sites (tertiary alicyclic amines) is 1. The summed E-state index contributed by atoms with van der Waals surface area (Å²) in [5, 5.41) is 5.99. The van der Waals surface area contributed by atoms with E-state index >= 15 is 0 Å². The largest absolute Gasteiger partial charge is 0.462 e. The second-order valence-electron chi connectivity index (χ2n) is 18.3. The van der Waals surface area contributed by atoms with Crippen LogP contribution < -0.4 is 10.6 Å². The minimum absolute atomic E-state index is 0.00138. The van der Waals surface area contributed by atoms with Gasteiger partial charge in [-0.3, -0.25) is 24.1 Å². The third-order valence-corrected chi connectivity index (χ3v) is 12.3. The molecule has 2 N–H and O–H groups in total. The van der Waals surface area contributed by atoms with Gasteiger partial charge in [-0.15, -0.1) is 0 Å². The average molecular weight is 906 g/mol. The van der Waals surface area contributed by atoms with Crippen molar-refractivity contribution in [1.82, 2.24) is 25.3 Å². The second-order valence-corrected chi connectivity index (χ2v) is 18.3. The Kier molecular flexibility index (Phi) is 25.6. The third kappa shape index (κ3) is 17.3. The lowest BCUT2D eigenvalue weighted by Gasteiger charge is -2.40. The summed E-state index contributed by atoms with van der Waals surface area (Å²) in [4.78, 5) is 75.3. The number of methoxy groups -OCH3 is 3. The van der Waals surface area contributed by atoms with Gasteiger partial charge >= 0.3 is 5.97 Å². The molecule has 16 nitrogen and oxygen atoms in total. The van der Waals surface area contributed by atoms with Crippen LogP contribution in [0.15, 0.2) is 30.3 Å². The zero-order valence-corrected chi connectivity index (χ0v) is 41.4. The van der Waals surface area contributed by atoms with E-state index in [0.29, 0.717) is 45.8 Å². The molecular formula is C48H83N5O11. The van der Waals surface area contributed by atoms with Crippen molar-refractivity contribution in [3.05, 3.63) is 35.9 Å². The maximum Gasteiger partial charge on any atom is 0.329 e. The van der Waals surface area contributed by atoms with Gasteiger partial charge in [0.1, 0.15) is 18.7 Å². The normalized spacial score (nSPS) is 17.6. The maximum absolute atomic E-state index is 14.3. The number of ether oxygens (including phenoxy) is 6. The van der Waals surface area contributed by atoms with Crippen molar-refractivity contribution in [3.63, 3.8) is 0 Å². The molecule has 1 heterocycles. The predicted octanol–water partition coefficient (Wildman–Crippen LogP) is 3.97. The van der Waals surface area contributed by atoms with Gasteiger partial charge in [-0.05, 0) is 57.1 Å². The molecule has 1 aromatic rings. The monoisotopic (exact) mass is 906 g/mol. The first-order valence-corrected chi connectivity index (χ1v) is 23.1. The summed E-state index contributed by atoms with van der Waals surface area (Å²) in [6.45, 7) is 19.9. The number of nitrogens with zero attached hydrogens (tertiary/aromatic N) is 3. The Morgan fingerprint density at radius 3 is 1.89 bits per heavy atom. The summed E-state index contributed by atoms with van der Waals surface area (Å²) in [5.41, 5.74) is 0.844. The number of esters is 1. The number of hydrogen-bond acceptors (Lipinski definition) is 12. The number of rotatable bonds is 30. The first-order chi connectivity index (χ1) is 30.3. The van der Waals surface area contributed by atoms with Gasteiger partial charge in [0.2, 0.25) is 23.6 Å². The van der Waals surface area contributed by atoms with Gasteiger partial charge in [0.15, 0.2) is 0 Å². The number of hydrogen-bond donors (Lipinski definition) is 2. The highest BCUT2D eigenvalue weighted by atomic mass is 16.6. The Bertz CT molecular complexity index is 1550. The molecule has 4 amide bonds. The van der Waals surface area contributed by atoms with Gasteiger partial charge in [-0.25, -0.2) is 4.79 Å². The van der Waals surface area contributed by atoms with E-state index in [2.05, 4.69) is 10.6 Å². The molecule has 16 heteroatoms. The highest BCUT2D eigenvalue weighted by Crippen LogP contribution is 2.29. The van der Waals surface area contributed by atoms with Gasteiger partial charge in [0.05, 0.1) is 75.7 Å². The van der Waals surface area contributed by atoms with Gasteiger partial charge < -0.3 is 48.9 Å². The van der Waals surface area contributed by atoms with Crippen molar-refractivity contribution in [1.29, 1.82) is 0 Å². The van der Waals surface area contributed by atoms with Gasteiger partial charge in [0, 0.05) is 47.4 Å². The van der Waals surface area contributed by atoms with E-state index in [0.717, 1.165) is 5.56 Å². The summed E-state index contributed by atoms with van der Waals surface area (Å²) in [7, 11) is 8.29. The molecule has 366 valence electrons. The van der Waals surface area contributed by atoms with E-state index in [1.54, 1.807) is 38.0 Å². The molecule has 0 spiro atoms. The maximum atomic E-state index is 14.3. The molecule has 0 bridgehead atoms. The Balaban J connectivity index is 2.21. The number of likely N-dealkylation sites (N-methyl/N-ethyl adjacent to an activating group) is 2. The van der Waals surface area contributed by atoms with Crippen molar-refractivity contribution in [2.45, 2.75) is 136 Å². The molecule has 1 aliphatic heterocycles. The zero-order valence-electron chi connectivity index (χ0n) is 41.4. The lowest BCUT2D eigenvalue weighted by molar-refractivity contribution is -0.151. The SMILES string of the molecule is COCCOCCOCCOC(=O)[C@H](Cc1ccccc1)NC(=O)[C@H](C)[C@@H](OC)[C@@H]1CCCN1C(=O)C[C@@H](OC)[C@H](C(C)C)N(C)C(=O)[C@@H](NC(=O)[C@H](C(C)C)N(C)C(C)C)C(C)C. The smallest absolute Gasteiger partial charge is 0.329 e. The summed E-state index contributed by atoms with van der Waals surface area (Å²) in [6, 6.07) is 6.36. The van der Waals surface area contributed by atoms with Crippen LogP contribution >= 0.6 is 0 Å². The molecule has 0 saturated carbocycles. The minimum atomic E-state index is -0.981. The van der Waals surface area contributed by atoms with Crippen LogP contribution in [0.25, 0.3) is 0 Å². The summed E-state index contributed by atoms with van der Waals surface area (Å²) in [6.07, 6.45) is 0.142. The van der Waals surface area contributed by atoms with Crippen LogP contribution in [0.2, 0.25) is 0 Å². The van der Waals surface area contributed by atoms with Crippen LogP contribution in [0.4, 0.5) is 0 Å². The van der Waals surface area contributed by atoms with Crippen LogP contribution in [0.5, 0.6) is 0 Å². The predicted molar refractivity (Wildman–Crippen MR) is 246 cm³/mol. The number of benzene rings is 1. The topological polar surface area (TPSA) is 175 Å². The number of carbonyl (C=O) groups is 5. The van der Waals surface area contributed by atoms with E-state index in [-0.39, 0.29) is 67.6 Å². The minimum Gasteiger partial charge on any atom is -0.462 e. The van der Waals surface area contributed by atoms with Gasteiger partial charge in [-0.2, -0.15) is 0 Å². The molecule has 1 saturated heterocycles. The van der Waals surface area contributed by atoms with Crippen molar-refractivity contribution in [2.24, 2.45) is 23.7 Å². The average Bonchev–Trinajstić information content (AvgIpc) is 3.74. The second kappa shape index (κ2) is 29.1. The number of amides is 4. The Hall–Kier alpha value is -3.67. The van der Waals surface area contributed by atoms with Crippen LogP contribution in [-0.4, -0.2) is 174 Å². The standard InChI is InChI=1S/C48H83N5O11/c1-31(2)41(50-46(56)43(33(5)6)51(10)34(7)8)47(57)52(11)42(32(3)4)39(60-13)30-40(54)53-22-18-21-38(53)44(61-14)35(9)45(55)49-37(29-36-19-16-15-17-20-36)48(58)64-28-27-63-26-25-62-24-23-59-12/h15-17,19-20,31-35,37-39,41-44H,18,21-30H2,1-14H3,(H,49,55)(H,50,56)/t35-,37+,38+,39-,41+,42+,43+,44-/m1/s1. The van der Waals surface area contributed by atoms with Crippen LogP contribution in [-0.2, 0) is 58.8 Å². The highest BCUT2D eigenvalue weighted by molar-refractivity contribution is 5.90. The molecule has 1 fully saturated rings. The summed E-state index contributed by atoms with van der Waals surface area (Å²) in [5.74, 6) is -2.69. The zero-order chi connectivity index (χ0) is 48.1. The summed E-state index contributed by atoms with van der Waals surface area (Å²) >= 11 is 0. The van der Waals surface area contributed by atoms with Crippen molar-refractivity contribution < 1.29 is 52.4 Å². The molecule has 1 aliphatic rings. The third-order valence-electron chi connectivity index (χ3n) is 12.3. The van der Waals surface area contributed by atoms with E-state index in [9.17, 15) is 24.0 Å². The molecule has 0 aliphatic carbocycles.